The van der Waals surface area contributed by atoms with E-state index in [0.29, 0.717) is 31.2 Å². The maximum absolute atomic E-state index is 12.4. The van der Waals surface area contributed by atoms with E-state index in [9.17, 15) is 13.2 Å². The Labute approximate surface area is 144 Å². The summed E-state index contributed by atoms with van der Waals surface area (Å²) >= 11 is 1.51. The molecule has 1 aliphatic rings. The first-order chi connectivity index (χ1) is 11.5. The molecule has 1 saturated heterocycles. The number of aromatic nitrogens is 2. The number of aryl methyl sites for hydroxylation is 1. The van der Waals surface area contributed by atoms with Crippen molar-refractivity contribution in [1.29, 1.82) is 0 Å². The summed E-state index contributed by atoms with van der Waals surface area (Å²) in [6.07, 6.45) is 1.11. The van der Waals surface area contributed by atoms with E-state index in [1.165, 1.54) is 11.3 Å². The topological polar surface area (TPSA) is 93.4 Å². The molecule has 3 rings (SSSR count). The molecule has 2 aromatic rings. The highest BCUT2D eigenvalue weighted by Crippen LogP contribution is 2.23. The molecule has 130 valence electrons. The van der Waals surface area contributed by atoms with E-state index < -0.39 is 9.84 Å². The smallest absolute Gasteiger partial charge is 0.257 e. The summed E-state index contributed by atoms with van der Waals surface area (Å²) in [5.41, 5.74) is 0. The van der Waals surface area contributed by atoms with Gasteiger partial charge in [-0.3, -0.25) is 4.79 Å². The van der Waals surface area contributed by atoms with E-state index >= 15 is 0 Å². The molecule has 0 spiro atoms. The van der Waals surface area contributed by atoms with Crippen LogP contribution in [-0.2, 0) is 21.1 Å². The summed E-state index contributed by atoms with van der Waals surface area (Å²) in [5.74, 6) is 1.03. The number of rotatable bonds is 6. The van der Waals surface area contributed by atoms with Crippen LogP contribution in [0.3, 0.4) is 0 Å². The molecule has 0 saturated carbocycles. The Morgan fingerprint density at radius 1 is 1.46 bits per heavy atom. The van der Waals surface area contributed by atoms with Gasteiger partial charge in [-0.1, -0.05) is 6.07 Å². The first-order valence-electron chi connectivity index (χ1n) is 7.84. The van der Waals surface area contributed by atoms with E-state index in [1.807, 2.05) is 24.4 Å². The van der Waals surface area contributed by atoms with Gasteiger partial charge >= 0.3 is 0 Å². The highest BCUT2D eigenvalue weighted by atomic mass is 32.2. The van der Waals surface area contributed by atoms with Crippen LogP contribution in [0.1, 0.15) is 25.7 Å². The normalized spacial score (nSPS) is 19.5. The van der Waals surface area contributed by atoms with E-state index in [2.05, 4.69) is 10.2 Å². The number of amides is 1. The van der Waals surface area contributed by atoms with Gasteiger partial charge in [0.15, 0.2) is 9.84 Å². The SMILES string of the molecule is CCN(C(=O)CCc1nnc(-c2cccs2)o1)C1CCS(=O)(=O)C1. The van der Waals surface area contributed by atoms with Gasteiger partial charge in [-0.25, -0.2) is 8.42 Å². The second-order valence-electron chi connectivity index (χ2n) is 5.71. The first kappa shape index (κ1) is 17.1. The molecule has 0 aliphatic carbocycles. The van der Waals surface area contributed by atoms with Crippen molar-refractivity contribution in [3.63, 3.8) is 0 Å². The molecule has 0 bridgehead atoms. The van der Waals surface area contributed by atoms with Crippen LogP contribution in [0.25, 0.3) is 10.8 Å². The Balaban J connectivity index is 1.58. The molecule has 9 heteroatoms. The lowest BCUT2D eigenvalue weighted by Gasteiger charge is -2.26. The Morgan fingerprint density at radius 2 is 2.29 bits per heavy atom. The van der Waals surface area contributed by atoms with Crippen molar-refractivity contribution in [1.82, 2.24) is 15.1 Å². The van der Waals surface area contributed by atoms with Crippen LogP contribution in [0, 0.1) is 0 Å². The molecule has 1 atom stereocenters. The zero-order valence-corrected chi connectivity index (χ0v) is 15.0. The molecule has 1 fully saturated rings. The Bertz CT molecular complexity index is 799. The Hall–Kier alpha value is -1.74. The number of nitrogens with zero attached hydrogens (tertiary/aromatic N) is 3. The second-order valence-corrected chi connectivity index (χ2v) is 8.89. The third kappa shape index (κ3) is 3.84. The lowest BCUT2D eigenvalue weighted by molar-refractivity contribution is -0.132. The van der Waals surface area contributed by atoms with Crippen molar-refractivity contribution in [2.24, 2.45) is 0 Å². The zero-order valence-electron chi connectivity index (χ0n) is 13.3. The summed E-state index contributed by atoms with van der Waals surface area (Å²) < 4.78 is 28.8. The van der Waals surface area contributed by atoms with Crippen molar-refractivity contribution >= 4 is 27.1 Å². The number of carbonyl (C=O) groups is 1. The van der Waals surface area contributed by atoms with E-state index in [0.717, 1.165) is 4.88 Å². The summed E-state index contributed by atoms with van der Waals surface area (Å²) in [7, 11) is -3.01. The molecule has 3 heterocycles. The first-order valence-corrected chi connectivity index (χ1v) is 10.5. The molecule has 7 nitrogen and oxygen atoms in total. The minimum absolute atomic E-state index is 0.0651. The molecular formula is C15H19N3O4S2. The minimum atomic E-state index is -3.01. The summed E-state index contributed by atoms with van der Waals surface area (Å²) in [6, 6.07) is 3.59. The molecule has 0 N–H and O–H groups in total. The standard InChI is InChI=1S/C15H19N3O4S2/c1-2-18(11-7-9-24(20,21)10-11)14(19)6-5-13-16-17-15(22-13)12-4-3-8-23-12/h3-4,8,11H,2,5-7,9-10H2,1H3. The van der Waals surface area contributed by atoms with Gasteiger partial charge < -0.3 is 9.32 Å². The number of hydrogen-bond acceptors (Lipinski definition) is 7. The predicted octanol–water partition coefficient (Wildman–Crippen LogP) is 1.77. The second kappa shape index (κ2) is 7.02. The van der Waals surface area contributed by atoms with Crippen molar-refractivity contribution in [2.45, 2.75) is 32.2 Å². The van der Waals surface area contributed by atoms with Crippen LogP contribution in [0.4, 0.5) is 0 Å². The van der Waals surface area contributed by atoms with Gasteiger partial charge in [0, 0.05) is 25.4 Å². The van der Waals surface area contributed by atoms with Crippen molar-refractivity contribution in [2.75, 3.05) is 18.1 Å². The molecule has 1 aliphatic heterocycles. The third-order valence-electron chi connectivity index (χ3n) is 4.06. The maximum atomic E-state index is 12.4. The van der Waals surface area contributed by atoms with Crippen LogP contribution in [0.15, 0.2) is 21.9 Å². The minimum Gasteiger partial charge on any atom is -0.420 e. The lowest BCUT2D eigenvalue weighted by atomic mass is 10.2. The van der Waals surface area contributed by atoms with E-state index in [4.69, 9.17) is 4.42 Å². The monoisotopic (exact) mass is 369 g/mol. The van der Waals surface area contributed by atoms with Gasteiger partial charge in [0.2, 0.25) is 11.8 Å². The molecule has 0 aromatic carbocycles. The average Bonchev–Trinajstić information content (AvgIpc) is 3.26. The summed E-state index contributed by atoms with van der Waals surface area (Å²) in [4.78, 5) is 15.0. The van der Waals surface area contributed by atoms with Crippen molar-refractivity contribution in [3.05, 3.63) is 23.4 Å². The fourth-order valence-electron chi connectivity index (χ4n) is 2.87. The highest BCUT2D eigenvalue weighted by Gasteiger charge is 2.33. The van der Waals surface area contributed by atoms with Gasteiger partial charge in [-0.15, -0.1) is 21.5 Å². The largest absolute Gasteiger partial charge is 0.420 e. The quantitative estimate of drug-likeness (QED) is 0.770. The summed E-state index contributed by atoms with van der Waals surface area (Å²) in [5, 5.41) is 9.89. The molecule has 2 aromatic heterocycles. The van der Waals surface area contributed by atoms with E-state index in [-0.39, 0.29) is 29.9 Å². The fraction of sp³-hybridized carbons (Fsp3) is 0.533. The van der Waals surface area contributed by atoms with Gasteiger partial charge in [-0.05, 0) is 24.8 Å². The molecule has 1 amide bonds. The van der Waals surface area contributed by atoms with E-state index in [1.54, 1.807) is 4.90 Å². The molecular weight excluding hydrogens is 350 g/mol. The number of thiophene rings is 1. The van der Waals surface area contributed by atoms with Gasteiger partial charge in [0.1, 0.15) is 0 Å². The van der Waals surface area contributed by atoms with Gasteiger partial charge in [0.25, 0.3) is 5.89 Å². The number of hydrogen-bond donors (Lipinski definition) is 0. The number of carbonyl (C=O) groups excluding carboxylic acids is 1. The molecule has 0 radical (unpaired) electrons. The van der Waals surface area contributed by atoms with Gasteiger partial charge in [0.05, 0.1) is 16.4 Å². The van der Waals surface area contributed by atoms with Crippen LogP contribution >= 0.6 is 11.3 Å². The Morgan fingerprint density at radius 3 is 2.92 bits per heavy atom. The van der Waals surface area contributed by atoms with Gasteiger partial charge in [-0.2, -0.15) is 0 Å². The average molecular weight is 369 g/mol. The highest BCUT2D eigenvalue weighted by molar-refractivity contribution is 7.91. The van der Waals surface area contributed by atoms with Crippen molar-refractivity contribution < 1.29 is 17.6 Å². The summed E-state index contributed by atoms with van der Waals surface area (Å²) in [6.45, 7) is 2.37. The Kier molecular flexibility index (Phi) is 5.00. The van der Waals surface area contributed by atoms with Crippen LogP contribution < -0.4 is 0 Å². The predicted molar refractivity (Wildman–Crippen MR) is 90.4 cm³/mol. The van der Waals surface area contributed by atoms with Crippen LogP contribution in [-0.4, -0.2) is 53.5 Å². The van der Waals surface area contributed by atoms with Crippen molar-refractivity contribution in [3.8, 4) is 10.8 Å². The molecule has 1 unspecified atom stereocenters. The zero-order chi connectivity index (χ0) is 17.2. The lowest BCUT2D eigenvalue weighted by Crippen LogP contribution is -2.41. The fourth-order valence-corrected chi connectivity index (χ4v) is 5.25. The third-order valence-corrected chi connectivity index (χ3v) is 6.67. The maximum Gasteiger partial charge on any atom is 0.257 e. The molecule has 24 heavy (non-hydrogen) atoms. The van der Waals surface area contributed by atoms with Crippen LogP contribution in [0.2, 0.25) is 0 Å². The number of sulfone groups is 1. The van der Waals surface area contributed by atoms with Crippen LogP contribution in [0.5, 0.6) is 0 Å².